The highest BCUT2D eigenvalue weighted by atomic mass is 32.1. The first kappa shape index (κ1) is 8.41. The van der Waals surface area contributed by atoms with Crippen LogP contribution in [0.25, 0.3) is 0 Å². The van der Waals surface area contributed by atoms with Crippen LogP contribution in [-0.2, 0) is 0 Å². The Morgan fingerprint density at radius 2 is 2.10 bits per heavy atom. The van der Waals surface area contributed by atoms with E-state index in [0.29, 0.717) is 11.3 Å². The van der Waals surface area contributed by atoms with Gasteiger partial charge in [-0.2, -0.15) is 12.6 Å². The van der Waals surface area contributed by atoms with Crippen molar-refractivity contribution in [2.75, 3.05) is 6.54 Å². The lowest BCUT2D eigenvalue weighted by molar-refractivity contribution is 0.392. The summed E-state index contributed by atoms with van der Waals surface area (Å²) in [6, 6.07) is 0.682. The van der Waals surface area contributed by atoms with E-state index < -0.39 is 0 Å². The monoisotopic (exact) mass is 159 g/mol. The molecule has 0 radical (unpaired) electrons. The van der Waals surface area contributed by atoms with Crippen molar-refractivity contribution in [2.24, 2.45) is 0 Å². The Labute approximate surface area is 69.0 Å². The molecule has 2 heteroatoms. The van der Waals surface area contributed by atoms with Crippen LogP contribution in [0.3, 0.4) is 0 Å². The van der Waals surface area contributed by atoms with Crippen LogP contribution in [0.1, 0.15) is 32.6 Å². The van der Waals surface area contributed by atoms with Gasteiger partial charge in [0, 0.05) is 11.3 Å². The predicted octanol–water partition coefficient (Wildman–Crippen LogP) is 1.84. The quantitative estimate of drug-likeness (QED) is 0.586. The predicted molar refractivity (Wildman–Crippen MR) is 48.7 cm³/mol. The van der Waals surface area contributed by atoms with E-state index in [2.05, 4.69) is 24.9 Å². The fraction of sp³-hybridized carbons (Fsp3) is 1.00. The molecule has 1 aliphatic rings. The van der Waals surface area contributed by atoms with Crippen molar-refractivity contribution in [3.63, 3.8) is 0 Å². The summed E-state index contributed by atoms with van der Waals surface area (Å²) < 4.78 is 0. The first-order valence-electron chi connectivity index (χ1n) is 4.26. The van der Waals surface area contributed by atoms with Gasteiger partial charge in [0.25, 0.3) is 0 Å². The van der Waals surface area contributed by atoms with E-state index >= 15 is 0 Å². The molecule has 1 saturated carbocycles. The highest BCUT2D eigenvalue weighted by Crippen LogP contribution is 2.22. The van der Waals surface area contributed by atoms with E-state index in [1.54, 1.807) is 0 Å². The van der Waals surface area contributed by atoms with Crippen LogP contribution >= 0.6 is 12.6 Å². The Kier molecular flexibility index (Phi) is 3.57. The second kappa shape index (κ2) is 4.24. The standard InChI is InChI=1S/C8H17NS/c1-2-9-7-5-3-4-6-8(7)10/h7-10H,2-6H2,1H3/t7-,8+/m1/s1. The molecule has 1 aliphatic carbocycles. The van der Waals surface area contributed by atoms with Crippen molar-refractivity contribution in [1.29, 1.82) is 0 Å². The molecule has 1 nitrogen and oxygen atoms in total. The fourth-order valence-electron chi connectivity index (χ4n) is 1.61. The summed E-state index contributed by atoms with van der Waals surface area (Å²) >= 11 is 4.53. The third-order valence-electron chi connectivity index (χ3n) is 2.20. The highest BCUT2D eigenvalue weighted by molar-refractivity contribution is 7.81. The average molecular weight is 159 g/mol. The van der Waals surface area contributed by atoms with Crippen LogP contribution in [0.15, 0.2) is 0 Å². The summed E-state index contributed by atoms with van der Waals surface area (Å²) in [5.74, 6) is 0. The lowest BCUT2D eigenvalue weighted by Gasteiger charge is -2.28. The van der Waals surface area contributed by atoms with Gasteiger partial charge < -0.3 is 5.32 Å². The van der Waals surface area contributed by atoms with Gasteiger partial charge in [0.15, 0.2) is 0 Å². The van der Waals surface area contributed by atoms with Crippen molar-refractivity contribution in [1.82, 2.24) is 5.32 Å². The van der Waals surface area contributed by atoms with Gasteiger partial charge in [-0.25, -0.2) is 0 Å². The van der Waals surface area contributed by atoms with Crippen LogP contribution in [0.5, 0.6) is 0 Å². The van der Waals surface area contributed by atoms with Crippen LogP contribution in [0, 0.1) is 0 Å². The Balaban J connectivity index is 2.25. The maximum Gasteiger partial charge on any atom is 0.0183 e. The lowest BCUT2D eigenvalue weighted by atomic mass is 9.95. The molecule has 0 aromatic rings. The summed E-state index contributed by atoms with van der Waals surface area (Å²) in [6.07, 6.45) is 5.37. The molecule has 1 fully saturated rings. The smallest absolute Gasteiger partial charge is 0.0183 e. The number of rotatable bonds is 2. The van der Waals surface area contributed by atoms with E-state index in [0.717, 1.165) is 6.54 Å². The topological polar surface area (TPSA) is 12.0 Å². The zero-order valence-corrected chi connectivity index (χ0v) is 7.53. The maximum absolute atomic E-state index is 4.53. The molecule has 0 bridgehead atoms. The summed E-state index contributed by atoms with van der Waals surface area (Å²) in [7, 11) is 0. The fourth-order valence-corrected chi connectivity index (χ4v) is 2.05. The molecule has 0 amide bonds. The molecule has 0 saturated heterocycles. The molecule has 1 N–H and O–H groups in total. The molecule has 0 unspecified atom stereocenters. The van der Waals surface area contributed by atoms with E-state index in [1.165, 1.54) is 25.7 Å². The van der Waals surface area contributed by atoms with Crippen molar-refractivity contribution in [3.8, 4) is 0 Å². The minimum Gasteiger partial charge on any atom is -0.313 e. The van der Waals surface area contributed by atoms with Crippen molar-refractivity contribution in [2.45, 2.75) is 43.9 Å². The lowest BCUT2D eigenvalue weighted by Crippen LogP contribution is -2.39. The van der Waals surface area contributed by atoms with Gasteiger partial charge in [0.05, 0.1) is 0 Å². The molecule has 0 spiro atoms. The third-order valence-corrected chi connectivity index (χ3v) is 2.81. The summed E-state index contributed by atoms with van der Waals surface area (Å²) in [6.45, 7) is 3.25. The first-order chi connectivity index (χ1) is 4.84. The van der Waals surface area contributed by atoms with Crippen LogP contribution in [0.2, 0.25) is 0 Å². The number of nitrogens with one attached hydrogen (secondary N) is 1. The first-order valence-corrected chi connectivity index (χ1v) is 4.77. The van der Waals surface area contributed by atoms with Crippen molar-refractivity contribution < 1.29 is 0 Å². The Morgan fingerprint density at radius 1 is 1.40 bits per heavy atom. The molecule has 1 rings (SSSR count). The molecular weight excluding hydrogens is 142 g/mol. The Morgan fingerprint density at radius 3 is 2.70 bits per heavy atom. The number of hydrogen-bond acceptors (Lipinski definition) is 2. The number of hydrogen-bond donors (Lipinski definition) is 2. The van der Waals surface area contributed by atoms with Gasteiger partial charge in [-0.1, -0.05) is 19.8 Å². The molecule has 0 aliphatic heterocycles. The van der Waals surface area contributed by atoms with Gasteiger partial charge in [-0.3, -0.25) is 0 Å². The molecule has 2 atom stereocenters. The van der Waals surface area contributed by atoms with Crippen LogP contribution < -0.4 is 5.32 Å². The zero-order chi connectivity index (χ0) is 7.40. The SMILES string of the molecule is CCN[C@@H]1CCCC[C@@H]1S. The van der Waals surface area contributed by atoms with E-state index in [1.807, 2.05) is 0 Å². The van der Waals surface area contributed by atoms with Crippen molar-refractivity contribution in [3.05, 3.63) is 0 Å². The molecule has 0 heterocycles. The largest absolute Gasteiger partial charge is 0.313 e. The van der Waals surface area contributed by atoms with E-state index in [9.17, 15) is 0 Å². The minimum absolute atomic E-state index is 0.605. The number of thiol groups is 1. The van der Waals surface area contributed by atoms with Gasteiger partial charge in [0.2, 0.25) is 0 Å². The van der Waals surface area contributed by atoms with Crippen LogP contribution in [-0.4, -0.2) is 17.8 Å². The molecule has 0 aromatic carbocycles. The summed E-state index contributed by atoms with van der Waals surface area (Å²) in [5.41, 5.74) is 0. The second-order valence-corrected chi connectivity index (χ2v) is 3.68. The second-order valence-electron chi connectivity index (χ2n) is 3.02. The Bertz CT molecular complexity index is 93.3. The molecule has 60 valence electrons. The van der Waals surface area contributed by atoms with Gasteiger partial charge in [-0.05, 0) is 19.4 Å². The van der Waals surface area contributed by atoms with Gasteiger partial charge in [0.1, 0.15) is 0 Å². The normalized spacial score (nSPS) is 34.2. The Hall–Kier alpha value is 0.310. The minimum atomic E-state index is 0.605. The van der Waals surface area contributed by atoms with Gasteiger partial charge >= 0.3 is 0 Å². The summed E-state index contributed by atoms with van der Waals surface area (Å²) in [5, 5.41) is 4.06. The van der Waals surface area contributed by atoms with Crippen molar-refractivity contribution >= 4 is 12.6 Å². The molecular formula is C8H17NS. The zero-order valence-electron chi connectivity index (χ0n) is 6.64. The average Bonchev–Trinajstić information content (AvgIpc) is 1.94. The molecule has 10 heavy (non-hydrogen) atoms. The highest BCUT2D eigenvalue weighted by Gasteiger charge is 2.20. The van der Waals surface area contributed by atoms with E-state index in [-0.39, 0.29) is 0 Å². The summed E-state index contributed by atoms with van der Waals surface area (Å²) in [4.78, 5) is 0. The third kappa shape index (κ3) is 2.17. The maximum atomic E-state index is 4.53. The van der Waals surface area contributed by atoms with Gasteiger partial charge in [-0.15, -0.1) is 0 Å². The van der Waals surface area contributed by atoms with E-state index in [4.69, 9.17) is 0 Å². The molecule has 0 aromatic heterocycles. The van der Waals surface area contributed by atoms with Crippen LogP contribution in [0.4, 0.5) is 0 Å².